The van der Waals surface area contributed by atoms with Gasteiger partial charge in [-0.3, -0.25) is 9.36 Å². The molecule has 0 aromatic heterocycles. The second kappa shape index (κ2) is 40.0. The Balaban J connectivity index is 4.06. The second-order valence-electron chi connectivity index (χ2n) is 17.1. The Kier molecular flexibility index (Phi) is 39.5. The number of nitrogens with zero attached hydrogens (tertiary/aromatic N) is 1. The molecule has 55 heavy (non-hydrogen) atoms. The molecule has 9 heteroatoms. The highest BCUT2D eigenvalue weighted by Gasteiger charge is 2.20. The summed E-state index contributed by atoms with van der Waals surface area (Å²) in [7, 11) is 1.36. The molecule has 0 rings (SSSR count). The van der Waals surface area contributed by atoms with Crippen LogP contribution in [0.15, 0.2) is 12.2 Å². The van der Waals surface area contributed by atoms with Gasteiger partial charge in [0.15, 0.2) is 0 Å². The Bertz CT molecular complexity index is 894. The van der Waals surface area contributed by atoms with E-state index in [9.17, 15) is 14.3 Å². The van der Waals surface area contributed by atoms with Crippen molar-refractivity contribution in [2.24, 2.45) is 0 Å². The van der Waals surface area contributed by atoms with E-state index in [4.69, 9.17) is 18.5 Å². The SMILES string of the molecule is CCC/C=C\CCCCCCCCOCC(COP(=O)([O-])OCC[N+](C)(C)C)OC(=O)CCCCCCCCCCCCCCCCCCCCCCCC. The molecule has 0 aliphatic heterocycles. The van der Waals surface area contributed by atoms with Crippen LogP contribution < -0.4 is 4.89 Å². The van der Waals surface area contributed by atoms with Crippen molar-refractivity contribution in [3.05, 3.63) is 12.2 Å². The first kappa shape index (κ1) is 54.2. The topological polar surface area (TPSA) is 94.1 Å². The molecule has 0 amide bonds. The number of rotatable bonds is 44. The van der Waals surface area contributed by atoms with E-state index in [1.807, 2.05) is 21.1 Å². The van der Waals surface area contributed by atoms with Gasteiger partial charge in [0.25, 0.3) is 7.82 Å². The number of unbranched alkanes of at least 4 members (excludes halogenated alkanes) is 28. The van der Waals surface area contributed by atoms with Crippen LogP contribution in [0.3, 0.4) is 0 Å². The van der Waals surface area contributed by atoms with Crippen LogP contribution >= 0.6 is 7.82 Å². The Morgan fingerprint density at radius 3 is 1.45 bits per heavy atom. The van der Waals surface area contributed by atoms with Gasteiger partial charge in [-0.05, 0) is 32.1 Å². The molecule has 0 aromatic rings. The van der Waals surface area contributed by atoms with Gasteiger partial charge in [-0.25, -0.2) is 0 Å². The Morgan fingerprint density at radius 1 is 0.545 bits per heavy atom. The van der Waals surface area contributed by atoms with Crippen molar-refractivity contribution in [3.8, 4) is 0 Å². The van der Waals surface area contributed by atoms with E-state index in [2.05, 4.69) is 26.0 Å². The van der Waals surface area contributed by atoms with Crippen LogP contribution in [0.5, 0.6) is 0 Å². The third-order valence-electron chi connectivity index (χ3n) is 10.3. The maximum absolute atomic E-state index is 12.7. The molecule has 0 aliphatic carbocycles. The summed E-state index contributed by atoms with van der Waals surface area (Å²) in [5.41, 5.74) is 0. The number of phosphoric ester groups is 1. The summed E-state index contributed by atoms with van der Waals surface area (Å²) in [6, 6.07) is 0. The lowest BCUT2D eigenvalue weighted by Crippen LogP contribution is -2.37. The van der Waals surface area contributed by atoms with Crippen molar-refractivity contribution in [1.82, 2.24) is 0 Å². The lowest BCUT2D eigenvalue weighted by Gasteiger charge is -2.28. The second-order valence-corrected chi connectivity index (χ2v) is 18.5. The molecule has 8 nitrogen and oxygen atoms in total. The van der Waals surface area contributed by atoms with E-state index in [1.165, 1.54) is 167 Å². The highest BCUT2D eigenvalue weighted by Crippen LogP contribution is 2.38. The Morgan fingerprint density at radius 2 is 0.982 bits per heavy atom. The van der Waals surface area contributed by atoms with Gasteiger partial charge >= 0.3 is 5.97 Å². The minimum absolute atomic E-state index is 0.0281. The first-order valence-corrected chi connectivity index (χ1v) is 24.9. The number of esters is 1. The van der Waals surface area contributed by atoms with Crippen LogP contribution in [0.2, 0.25) is 0 Å². The molecule has 0 saturated carbocycles. The average Bonchev–Trinajstić information content (AvgIpc) is 3.13. The standard InChI is InChI=1S/C46H92NO7P/c1-6-8-10-12-14-16-18-19-20-21-22-23-24-25-26-27-28-29-31-33-35-37-39-46(48)54-45(44-53-55(49,50)52-42-40-47(3,4)5)43-51-41-38-36-34-32-30-17-15-13-11-9-7-2/h11,13,45H,6-10,12,14-44H2,1-5H3/b13-11-. The zero-order valence-electron chi connectivity index (χ0n) is 37.1. The van der Waals surface area contributed by atoms with E-state index in [1.54, 1.807) is 0 Å². The van der Waals surface area contributed by atoms with Crippen molar-refractivity contribution in [1.29, 1.82) is 0 Å². The van der Waals surface area contributed by atoms with E-state index < -0.39 is 13.9 Å². The van der Waals surface area contributed by atoms with Crippen LogP contribution in [-0.2, 0) is 27.9 Å². The molecule has 0 aromatic carbocycles. The lowest BCUT2D eigenvalue weighted by molar-refractivity contribution is -0.870. The quantitative estimate of drug-likeness (QED) is 0.0199. The zero-order chi connectivity index (χ0) is 40.6. The number of carbonyl (C=O) groups is 1. The third kappa shape index (κ3) is 44.2. The lowest BCUT2D eigenvalue weighted by atomic mass is 10.0. The molecular weight excluding hydrogens is 709 g/mol. The zero-order valence-corrected chi connectivity index (χ0v) is 38.0. The molecule has 328 valence electrons. The molecule has 0 saturated heterocycles. The number of hydrogen-bond acceptors (Lipinski definition) is 7. The largest absolute Gasteiger partial charge is 0.756 e. The minimum atomic E-state index is -4.52. The summed E-state index contributed by atoms with van der Waals surface area (Å²) in [5.74, 6) is -0.332. The normalized spacial score (nSPS) is 13.8. The van der Waals surface area contributed by atoms with Gasteiger partial charge in [0.1, 0.15) is 19.3 Å². The summed E-state index contributed by atoms with van der Waals surface area (Å²) >= 11 is 0. The van der Waals surface area contributed by atoms with Gasteiger partial charge in [0, 0.05) is 13.0 Å². The number of ether oxygens (including phenoxy) is 2. The Labute approximate surface area is 341 Å². The van der Waals surface area contributed by atoms with Crippen molar-refractivity contribution in [3.63, 3.8) is 0 Å². The smallest absolute Gasteiger partial charge is 0.306 e. The monoisotopic (exact) mass is 802 g/mol. The summed E-state index contributed by atoms with van der Waals surface area (Å²) in [6.45, 7) is 5.38. The molecule has 2 unspecified atom stereocenters. The molecule has 0 bridgehead atoms. The number of phosphoric acid groups is 1. The Hall–Kier alpha value is -0.760. The number of carbonyl (C=O) groups excluding carboxylic acids is 1. The van der Waals surface area contributed by atoms with Crippen LogP contribution in [0, 0.1) is 0 Å². The highest BCUT2D eigenvalue weighted by atomic mass is 31.2. The molecule has 0 spiro atoms. The minimum Gasteiger partial charge on any atom is -0.756 e. The molecule has 2 atom stereocenters. The van der Waals surface area contributed by atoms with Crippen LogP contribution in [0.1, 0.15) is 219 Å². The number of hydrogen-bond donors (Lipinski definition) is 0. The van der Waals surface area contributed by atoms with Gasteiger partial charge < -0.3 is 27.9 Å². The van der Waals surface area contributed by atoms with Crippen molar-refractivity contribution >= 4 is 13.8 Å². The first-order valence-electron chi connectivity index (χ1n) is 23.4. The molecule has 0 N–H and O–H groups in total. The molecule has 0 heterocycles. The van der Waals surface area contributed by atoms with E-state index in [0.29, 0.717) is 24.1 Å². The molecule has 0 radical (unpaired) electrons. The fourth-order valence-corrected chi connectivity index (χ4v) is 7.40. The fourth-order valence-electron chi connectivity index (χ4n) is 6.67. The van der Waals surface area contributed by atoms with E-state index in [-0.39, 0.29) is 25.8 Å². The molecule has 0 fully saturated rings. The number of quaternary nitrogens is 1. The van der Waals surface area contributed by atoms with E-state index >= 15 is 0 Å². The maximum Gasteiger partial charge on any atom is 0.306 e. The molecule has 0 aliphatic rings. The van der Waals surface area contributed by atoms with Crippen molar-refractivity contribution < 1.29 is 37.3 Å². The predicted octanol–water partition coefficient (Wildman–Crippen LogP) is 13.2. The summed E-state index contributed by atoms with van der Waals surface area (Å²) in [4.78, 5) is 25.1. The predicted molar refractivity (Wildman–Crippen MR) is 231 cm³/mol. The van der Waals surface area contributed by atoms with Gasteiger partial charge in [-0.15, -0.1) is 0 Å². The van der Waals surface area contributed by atoms with Gasteiger partial charge in [-0.2, -0.15) is 0 Å². The van der Waals surface area contributed by atoms with Crippen molar-refractivity contribution in [2.75, 3.05) is 54.1 Å². The van der Waals surface area contributed by atoms with Gasteiger partial charge in [0.05, 0.1) is 34.4 Å². The van der Waals surface area contributed by atoms with Crippen molar-refractivity contribution in [2.45, 2.75) is 225 Å². The maximum atomic E-state index is 12.7. The van der Waals surface area contributed by atoms with Crippen LogP contribution in [-0.4, -0.2) is 70.7 Å². The van der Waals surface area contributed by atoms with Gasteiger partial charge in [0.2, 0.25) is 0 Å². The molecular formula is C46H92NO7P. The van der Waals surface area contributed by atoms with Crippen LogP contribution in [0.25, 0.3) is 0 Å². The van der Waals surface area contributed by atoms with E-state index in [0.717, 1.165) is 32.1 Å². The fraction of sp³-hybridized carbons (Fsp3) is 0.935. The highest BCUT2D eigenvalue weighted by molar-refractivity contribution is 7.45. The first-order chi connectivity index (χ1) is 26.6. The average molecular weight is 802 g/mol. The third-order valence-corrected chi connectivity index (χ3v) is 11.3. The number of likely N-dealkylation sites (N-methyl/N-ethyl adjacent to an activating group) is 1. The van der Waals surface area contributed by atoms with Crippen LogP contribution in [0.4, 0.5) is 0 Å². The number of allylic oxidation sites excluding steroid dienone is 2. The van der Waals surface area contributed by atoms with Gasteiger partial charge in [-0.1, -0.05) is 193 Å². The summed E-state index contributed by atoms with van der Waals surface area (Å²) in [6.07, 6.45) is 43.8. The summed E-state index contributed by atoms with van der Waals surface area (Å²) < 4.78 is 34.6. The summed E-state index contributed by atoms with van der Waals surface area (Å²) in [5, 5.41) is 0.